The summed E-state index contributed by atoms with van der Waals surface area (Å²) in [6, 6.07) is 1.60. The number of phenolic OH excluding ortho intramolecular Hbond substituents is 2. The van der Waals surface area contributed by atoms with E-state index in [0.29, 0.717) is 11.0 Å². The highest BCUT2D eigenvalue weighted by atomic mass is 79.9. The SMILES string of the molecule is Cc1cc(O)c(O)c(Br)c1C1(CN)CCC1. The van der Waals surface area contributed by atoms with Crippen molar-refractivity contribution in [1.82, 2.24) is 0 Å². The lowest BCUT2D eigenvalue weighted by Gasteiger charge is -2.43. The molecule has 0 heterocycles. The Hall–Kier alpha value is -0.740. The minimum absolute atomic E-state index is 0.0197. The molecule has 0 unspecified atom stereocenters. The summed E-state index contributed by atoms with van der Waals surface area (Å²) in [4.78, 5) is 0. The van der Waals surface area contributed by atoms with E-state index in [4.69, 9.17) is 5.73 Å². The number of hydrogen-bond acceptors (Lipinski definition) is 3. The second-order valence-corrected chi connectivity index (χ2v) is 5.38. The van der Waals surface area contributed by atoms with Crippen LogP contribution in [0.15, 0.2) is 10.5 Å². The number of rotatable bonds is 2. The van der Waals surface area contributed by atoms with E-state index in [-0.39, 0.29) is 16.9 Å². The van der Waals surface area contributed by atoms with E-state index in [2.05, 4.69) is 15.9 Å². The van der Waals surface area contributed by atoms with Crippen molar-refractivity contribution in [2.24, 2.45) is 5.73 Å². The van der Waals surface area contributed by atoms with Crippen molar-refractivity contribution < 1.29 is 10.2 Å². The number of nitrogens with two attached hydrogens (primary N) is 1. The predicted molar refractivity (Wildman–Crippen MR) is 66.8 cm³/mol. The first-order valence-electron chi connectivity index (χ1n) is 5.43. The Kier molecular flexibility index (Phi) is 2.88. The van der Waals surface area contributed by atoms with Gasteiger partial charge in [0, 0.05) is 12.0 Å². The van der Waals surface area contributed by atoms with Gasteiger partial charge in [-0.2, -0.15) is 0 Å². The van der Waals surface area contributed by atoms with Crippen LogP contribution in [0.4, 0.5) is 0 Å². The third-order valence-corrected chi connectivity index (χ3v) is 4.42. The number of benzene rings is 1. The minimum Gasteiger partial charge on any atom is -0.504 e. The van der Waals surface area contributed by atoms with Crippen LogP contribution < -0.4 is 5.73 Å². The van der Waals surface area contributed by atoms with Crippen molar-refractivity contribution in [3.8, 4) is 11.5 Å². The molecule has 0 spiro atoms. The molecule has 0 radical (unpaired) electrons. The van der Waals surface area contributed by atoms with Gasteiger partial charge in [0.1, 0.15) is 0 Å². The summed E-state index contributed by atoms with van der Waals surface area (Å²) in [5, 5.41) is 19.3. The molecule has 2 rings (SSSR count). The maximum absolute atomic E-state index is 9.75. The molecule has 0 bridgehead atoms. The Morgan fingerprint density at radius 2 is 2.06 bits per heavy atom. The fourth-order valence-corrected chi connectivity index (χ4v) is 3.50. The van der Waals surface area contributed by atoms with Gasteiger partial charge in [0.2, 0.25) is 0 Å². The Balaban J connectivity index is 2.60. The fraction of sp³-hybridized carbons (Fsp3) is 0.500. The van der Waals surface area contributed by atoms with Crippen LogP contribution in [0.25, 0.3) is 0 Å². The lowest BCUT2D eigenvalue weighted by atomic mass is 9.63. The van der Waals surface area contributed by atoms with E-state index >= 15 is 0 Å². The molecule has 1 aliphatic rings. The zero-order valence-electron chi connectivity index (χ0n) is 9.26. The van der Waals surface area contributed by atoms with Crippen LogP contribution in [0.3, 0.4) is 0 Å². The zero-order valence-corrected chi connectivity index (χ0v) is 10.8. The molecule has 1 aromatic carbocycles. The normalized spacial score (nSPS) is 18.2. The summed E-state index contributed by atoms with van der Waals surface area (Å²) < 4.78 is 0.593. The van der Waals surface area contributed by atoms with E-state index in [1.54, 1.807) is 6.07 Å². The molecule has 0 aromatic heterocycles. The van der Waals surface area contributed by atoms with Crippen LogP contribution in [0, 0.1) is 6.92 Å². The van der Waals surface area contributed by atoms with Crippen molar-refractivity contribution in [2.75, 3.05) is 6.54 Å². The summed E-state index contributed by atoms with van der Waals surface area (Å²) in [5.41, 5.74) is 7.87. The van der Waals surface area contributed by atoms with E-state index in [1.165, 1.54) is 6.42 Å². The molecule has 88 valence electrons. The Bertz CT molecular complexity index is 422. The van der Waals surface area contributed by atoms with Gasteiger partial charge in [-0.25, -0.2) is 0 Å². The average molecular weight is 286 g/mol. The molecule has 0 aliphatic heterocycles. The summed E-state index contributed by atoms with van der Waals surface area (Å²) >= 11 is 3.37. The van der Waals surface area contributed by atoms with Gasteiger partial charge in [0.15, 0.2) is 11.5 Å². The van der Waals surface area contributed by atoms with Gasteiger partial charge in [0.25, 0.3) is 0 Å². The van der Waals surface area contributed by atoms with Crippen molar-refractivity contribution in [2.45, 2.75) is 31.6 Å². The van der Waals surface area contributed by atoms with Crippen molar-refractivity contribution in [3.05, 3.63) is 21.7 Å². The number of hydrogen-bond donors (Lipinski definition) is 3. The minimum atomic E-state index is -0.0837. The van der Waals surface area contributed by atoms with Gasteiger partial charge in [-0.05, 0) is 52.9 Å². The topological polar surface area (TPSA) is 66.5 Å². The van der Waals surface area contributed by atoms with Gasteiger partial charge < -0.3 is 15.9 Å². The molecule has 0 atom stereocenters. The molecular formula is C12H16BrNO2. The molecule has 3 nitrogen and oxygen atoms in total. The van der Waals surface area contributed by atoms with Crippen molar-refractivity contribution in [3.63, 3.8) is 0 Å². The third kappa shape index (κ3) is 1.52. The first-order valence-corrected chi connectivity index (χ1v) is 6.23. The monoisotopic (exact) mass is 285 g/mol. The lowest BCUT2D eigenvalue weighted by Crippen LogP contribution is -2.42. The molecule has 1 saturated carbocycles. The number of halogens is 1. The second kappa shape index (κ2) is 3.93. The Morgan fingerprint density at radius 3 is 2.50 bits per heavy atom. The maximum Gasteiger partial charge on any atom is 0.172 e. The van der Waals surface area contributed by atoms with Gasteiger partial charge >= 0.3 is 0 Å². The van der Waals surface area contributed by atoms with E-state index in [9.17, 15) is 10.2 Å². The summed E-state index contributed by atoms with van der Waals surface area (Å²) in [6.07, 6.45) is 3.27. The highest BCUT2D eigenvalue weighted by Crippen LogP contribution is 2.50. The summed E-state index contributed by atoms with van der Waals surface area (Å²) in [6.45, 7) is 2.52. The maximum atomic E-state index is 9.75. The molecular weight excluding hydrogens is 270 g/mol. The van der Waals surface area contributed by atoms with Gasteiger partial charge in [-0.3, -0.25) is 0 Å². The van der Waals surface area contributed by atoms with Crippen LogP contribution in [0.1, 0.15) is 30.4 Å². The molecule has 4 heteroatoms. The van der Waals surface area contributed by atoms with E-state index in [0.717, 1.165) is 24.0 Å². The Labute approximate surface area is 103 Å². The third-order valence-electron chi connectivity index (χ3n) is 3.65. The quantitative estimate of drug-likeness (QED) is 0.732. The number of aromatic hydroxyl groups is 2. The zero-order chi connectivity index (χ0) is 11.9. The number of aryl methyl sites for hydroxylation is 1. The predicted octanol–water partition coefficient (Wildman–Crippen LogP) is 2.55. The molecule has 1 aromatic rings. The van der Waals surface area contributed by atoms with Gasteiger partial charge in [-0.1, -0.05) is 6.42 Å². The highest BCUT2D eigenvalue weighted by molar-refractivity contribution is 9.10. The summed E-state index contributed by atoms with van der Waals surface area (Å²) in [5.74, 6) is -0.167. The first kappa shape index (κ1) is 11.7. The van der Waals surface area contributed by atoms with Crippen LogP contribution in [0.2, 0.25) is 0 Å². The first-order chi connectivity index (χ1) is 7.52. The average Bonchev–Trinajstić information content (AvgIpc) is 2.18. The van der Waals surface area contributed by atoms with Crippen molar-refractivity contribution in [1.29, 1.82) is 0 Å². The van der Waals surface area contributed by atoms with E-state index < -0.39 is 0 Å². The lowest BCUT2D eigenvalue weighted by molar-refractivity contribution is 0.249. The van der Waals surface area contributed by atoms with Crippen LogP contribution >= 0.6 is 15.9 Å². The van der Waals surface area contributed by atoms with Gasteiger partial charge in [0.05, 0.1) is 4.47 Å². The largest absolute Gasteiger partial charge is 0.504 e. The van der Waals surface area contributed by atoms with E-state index in [1.807, 2.05) is 6.92 Å². The highest BCUT2D eigenvalue weighted by Gasteiger charge is 2.40. The van der Waals surface area contributed by atoms with Gasteiger partial charge in [-0.15, -0.1) is 0 Å². The molecule has 4 N–H and O–H groups in total. The fourth-order valence-electron chi connectivity index (χ4n) is 2.56. The van der Waals surface area contributed by atoms with Crippen LogP contribution in [-0.4, -0.2) is 16.8 Å². The van der Waals surface area contributed by atoms with Crippen molar-refractivity contribution >= 4 is 15.9 Å². The molecule has 1 aliphatic carbocycles. The summed E-state index contributed by atoms with van der Waals surface area (Å²) in [7, 11) is 0. The Morgan fingerprint density at radius 1 is 1.44 bits per heavy atom. The molecule has 1 fully saturated rings. The number of phenols is 2. The second-order valence-electron chi connectivity index (χ2n) is 4.59. The molecule has 16 heavy (non-hydrogen) atoms. The van der Waals surface area contributed by atoms with Crippen LogP contribution in [0.5, 0.6) is 11.5 Å². The molecule has 0 saturated heterocycles. The standard InChI is InChI=1S/C12H16BrNO2/c1-7-5-8(15)11(16)10(13)9(7)12(6-14)3-2-4-12/h5,15-16H,2-4,6,14H2,1H3. The smallest absolute Gasteiger partial charge is 0.172 e. The van der Waals surface area contributed by atoms with Crippen LogP contribution in [-0.2, 0) is 5.41 Å². The molecule has 0 amide bonds.